The number of benzene rings is 1. The van der Waals surface area contributed by atoms with Crippen LogP contribution >= 0.6 is 0 Å². The van der Waals surface area contributed by atoms with Gasteiger partial charge in [-0.1, -0.05) is 0 Å². The number of likely N-dealkylation sites (tertiary alicyclic amines) is 1. The summed E-state index contributed by atoms with van der Waals surface area (Å²) in [5.74, 6) is -2.46. The van der Waals surface area contributed by atoms with Crippen molar-refractivity contribution in [3.8, 4) is 0 Å². The topological polar surface area (TPSA) is 74.7 Å². The second kappa shape index (κ2) is 6.53. The molecule has 5 nitrogen and oxygen atoms in total. The molecule has 0 aliphatic carbocycles. The van der Waals surface area contributed by atoms with Crippen molar-refractivity contribution < 1.29 is 22.7 Å². The van der Waals surface area contributed by atoms with Crippen LogP contribution in [0.1, 0.15) is 29.6 Å². The SMILES string of the molecule is O=C(O)c1cc(S(=O)(=O)CCCN2CCCC2)ccc1F. The number of halogens is 1. The van der Waals surface area contributed by atoms with Gasteiger partial charge in [-0.3, -0.25) is 0 Å². The van der Waals surface area contributed by atoms with E-state index in [4.69, 9.17) is 5.11 Å². The van der Waals surface area contributed by atoms with E-state index in [0.717, 1.165) is 44.1 Å². The predicted molar refractivity (Wildman–Crippen MR) is 75.7 cm³/mol. The smallest absolute Gasteiger partial charge is 0.338 e. The highest BCUT2D eigenvalue weighted by Gasteiger charge is 2.20. The molecule has 1 N–H and O–H groups in total. The summed E-state index contributed by atoms with van der Waals surface area (Å²) in [6.45, 7) is 2.71. The average molecular weight is 315 g/mol. The van der Waals surface area contributed by atoms with Crippen LogP contribution < -0.4 is 0 Å². The summed E-state index contributed by atoms with van der Waals surface area (Å²) in [7, 11) is -3.58. The Labute approximate surface area is 123 Å². The normalized spacial score (nSPS) is 16.2. The zero-order valence-corrected chi connectivity index (χ0v) is 12.4. The minimum absolute atomic E-state index is 0.0613. The van der Waals surface area contributed by atoms with Gasteiger partial charge in [-0.25, -0.2) is 17.6 Å². The fourth-order valence-electron chi connectivity index (χ4n) is 2.46. The molecule has 0 amide bonds. The fraction of sp³-hybridized carbons (Fsp3) is 0.500. The van der Waals surface area contributed by atoms with E-state index in [1.807, 2.05) is 0 Å². The van der Waals surface area contributed by atoms with Crippen LogP contribution in [0.5, 0.6) is 0 Å². The minimum atomic E-state index is -3.58. The number of rotatable bonds is 6. The molecule has 1 aliphatic rings. The molecule has 1 aliphatic heterocycles. The Hall–Kier alpha value is -1.47. The Bertz CT molecular complexity index is 624. The highest BCUT2D eigenvalue weighted by atomic mass is 32.2. The van der Waals surface area contributed by atoms with Crippen molar-refractivity contribution in [2.45, 2.75) is 24.2 Å². The van der Waals surface area contributed by atoms with E-state index < -0.39 is 27.2 Å². The summed E-state index contributed by atoms with van der Waals surface area (Å²) in [6, 6.07) is 2.90. The zero-order chi connectivity index (χ0) is 15.5. The number of aromatic carboxylic acids is 1. The Morgan fingerprint density at radius 2 is 1.95 bits per heavy atom. The van der Waals surface area contributed by atoms with Crippen molar-refractivity contribution in [3.05, 3.63) is 29.6 Å². The van der Waals surface area contributed by atoms with Gasteiger partial charge in [0.05, 0.1) is 16.2 Å². The molecular weight excluding hydrogens is 297 g/mol. The fourth-order valence-corrected chi connectivity index (χ4v) is 3.78. The highest BCUT2D eigenvalue weighted by Crippen LogP contribution is 2.18. The van der Waals surface area contributed by atoms with Crippen LogP contribution in [0.15, 0.2) is 23.1 Å². The van der Waals surface area contributed by atoms with Crippen LogP contribution in [-0.2, 0) is 9.84 Å². The number of carboxylic acid groups (broad SMARTS) is 1. The third kappa shape index (κ3) is 4.01. The van der Waals surface area contributed by atoms with Crippen molar-refractivity contribution in [2.75, 3.05) is 25.4 Å². The van der Waals surface area contributed by atoms with E-state index in [0.29, 0.717) is 13.0 Å². The second-order valence-electron chi connectivity index (χ2n) is 5.17. The molecule has 0 atom stereocenters. The van der Waals surface area contributed by atoms with E-state index in [2.05, 4.69) is 4.90 Å². The number of nitrogens with zero attached hydrogens (tertiary/aromatic N) is 1. The number of hydrogen-bond acceptors (Lipinski definition) is 4. The van der Waals surface area contributed by atoms with Crippen LogP contribution in [0.4, 0.5) is 4.39 Å². The molecule has 1 aromatic carbocycles. The lowest BCUT2D eigenvalue weighted by atomic mass is 10.2. The predicted octanol–water partition coefficient (Wildman–Crippen LogP) is 1.78. The largest absolute Gasteiger partial charge is 0.478 e. The number of carboxylic acids is 1. The summed E-state index contributed by atoms with van der Waals surface area (Å²) in [6.07, 6.45) is 2.78. The molecule has 21 heavy (non-hydrogen) atoms. The maximum Gasteiger partial charge on any atom is 0.338 e. The maximum atomic E-state index is 13.3. The molecule has 2 rings (SSSR count). The average Bonchev–Trinajstić information content (AvgIpc) is 2.91. The van der Waals surface area contributed by atoms with Gasteiger partial charge in [0.25, 0.3) is 0 Å². The van der Waals surface area contributed by atoms with Gasteiger partial charge in [-0.05, 0) is 57.1 Å². The van der Waals surface area contributed by atoms with Crippen molar-refractivity contribution >= 4 is 15.8 Å². The van der Waals surface area contributed by atoms with Crippen molar-refractivity contribution in [1.82, 2.24) is 4.90 Å². The van der Waals surface area contributed by atoms with Crippen LogP contribution in [0.3, 0.4) is 0 Å². The highest BCUT2D eigenvalue weighted by molar-refractivity contribution is 7.91. The third-order valence-corrected chi connectivity index (χ3v) is 5.41. The van der Waals surface area contributed by atoms with Gasteiger partial charge in [0, 0.05) is 0 Å². The van der Waals surface area contributed by atoms with E-state index >= 15 is 0 Å². The molecule has 1 aromatic rings. The summed E-state index contributed by atoms with van der Waals surface area (Å²) in [5.41, 5.74) is -0.615. The van der Waals surface area contributed by atoms with E-state index in [9.17, 15) is 17.6 Å². The summed E-state index contributed by atoms with van der Waals surface area (Å²) >= 11 is 0. The standard InChI is InChI=1S/C14H18FNO4S/c15-13-5-4-11(10-12(13)14(17)18)21(19,20)9-3-8-16-6-1-2-7-16/h4-5,10H,1-3,6-9H2,(H,17,18). The first-order chi connectivity index (χ1) is 9.90. The molecule has 0 unspecified atom stereocenters. The molecule has 1 heterocycles. The zero-order valence-electron chi connectivity index (χ0n) is 11.6. The minimum Gasteiger partial charge on any atom is -0.478 e. The van der Waals surface area contributed by atoms with Gasteiger partial charge in [0.15, 0.2) is 9.84 Å². The lowest BCUT2D eigenvalue weighted by Crippen LogP contribution is -2.22. The molecule has 1 saturated heterocycles. The molecular formula is C14H18FNO4S. The van der Waals surface area contributed by atoms with Gasteiger partial charge >= 0.3 is 5.97 Å². The quantitative estimate of drug-likeness (QED) is 0.810. The van der Waals surface area contributed by atoms with Crippen molar-refractivity contribution in [3.63, 3.8) is 0 Å². The molecule has 0 radical (unpaired) electrons. The molecule has 0 saturated carbocycles. The van der Waals surface area contributed by atoms with Crippen LogP contribution in [-0.4, -0.2) is 49.8 Å². The van der Waals surface area contributed by atoms with Crippen LogP contribution in [0, 0.1) is 5.82 Å². The lowest BCUT2D eigenvalue weighted by Gasteiger charge is -2.14. The molecule has 0 aromatic heterocycles. The molecule has 1 fully saturated rings. The van der Waals surface area contributed by atoms with Crippen molar-refractivity contribution in [1.29, 1.82) is 0 Å². The first kappa shape index (κ1) is 15.9. The summed E-state index contributed by atoms with van der Waals surface area (Å²) in [4.78, 5) is 12.9. The van der Waals surface area contributed by atoms with E-state index in [1.165, 1.54) is 0 Å². The Kier molecular flexibility index (Phi) is 4.95. The molecule has 0 bridgehead atoms. The molecule has 0 spiro atoms. The summed E-state index contributed by atoms with van der Waals surface area (Å²) in [5, 5.41) is 8.83. The first-order valence-corrected chi connectivity index (χ1v) is 8.53. The Morgan fingerprint density at radius 3 is 2.57 bits per heavy atom. The number of sulfone groups is 1. The monoisotopic (exact) mass is 315 g/mol. The van der Waals surface area contributed by atoms with Gasteiger partial charge in [0.2, 0.25) is 0 Å². The second-order valence-corrected chi connectivity index (χ2v) is 7.28. The van der Waals surface area contributed by atoms with Crippen molar-refractivity contribution in [2.24, 2.45) is 0 Å². The number of carbonyl (C=O) groups is 1. The Morgan fingerprint density at radius 1 is 1.29 bits per heavy atom. The van der Waals surface area contributed by atoms with Crippen LogP contribution in [0.25, 0.3) is 0 Å². The number of hydrogen-bond donors (Lipinski definition) is 1. The van der Waals surface area contributed by atoms with Gasteiger partial charge in [-0.15, -0.1) is 0 Å². The van der Waals surface area contributed by atoms with E-state index in [1.54, 1.807) is 0 Å². The van der Waals surface area contributed by atoms with E-state index in [-0.39, 0.29) is 10.6 Å². The van der Waals surface area contributed by atoms with Gasteiger partial charge < -0.3 is 10.0 Å². The van der Waals surface area contributed by atoms with Gasteiger partial charge in [0.1, 0.15) is 5.82 Å². The summed E-state index contributed by atoms with van der Waals surface area (Å²) < 4.78 is 37.6. The van der Waals surface area contributed by atoms with Crippen LogP contribution in [0.2, 0.25) is 0 Å². The Balaban J connectivity index is 2.04. The molecule has 7 heteroatoms. The van der Waals surface area contributed by atoms with Gasteiger partial charge in [-0.2, -0.15) is 0 Å². The molecule has 116 valence electrons. The third-order valence-electron chi connectivity index (χ3n) is 3.61. The lowest BCUT2D eigenvalue weighted by molar-refractivity contribution is 0.0691. The maximum absolute atomic E-state index is 13.3. The first-order valence-electron chi connectivity index (χ1n) is 6.88.